The molecule has 0 fully saturated rings. The van der Waals surface area contributed by atoms with E-state index in [1.54, 1.807) is 0 Å². The molecule has 0 aromatic carbocycles. The first-order valence-electron chi connectivity index (χ1n) is 23.4. The molecule has 6 nitrogen and oxygen atoms in total. The van der Waals surface area contributed by atoms with Gasteiger partial charge in [0.15, 0.2) is 6.10 Å². The van der Waals surface area contributed by atoms with Crippen LogP contribution in [0.1, 0.15) is 259 Å². The number of hydrogen-bond acceptors (Lipinski definition) is 6. The fourth-order valence-corrected chi connectivity index (χ4v) is 6.95. The molecule has 0 bridgehead atoms. The number of carbonyl (C=O) groups is 3. The zero-order valence-corrected chi connectivity index (χ0v) is 36.0. The van der Waals surface area contributed by atoms with E-state index >= 15 is 0 Å². The second-order valence-corrected chi connectivity index (χ2v) is 16.3. The van der Waals surface area contributed by atoms with Crippen LogP contribution in [0.3, 0.4) is 0 Å². The third-order valence-electron chi connectivity index (χ3n) is 10.9. The molecular formula is C47H90O6. The Hall–Kier alpha value is -1.59. The monoisotopic (exact) mass is 751 g/mol. The Kier molecular flexibility index (Phi) is 40.3. The summed E-state index contributed by atoms with van der Waals surface area (Å²) in [6.07, 6.45) is 40.8. The van der Waals surface area contributed by atoms with Crippen molar-refractivity contribution in [2.75, 3.05) is 13.2 Å². The molecule has 0 radical (unpaired) electrons. The van der Waals surface area contributed by atoms with Gasteiger partial charge in [0, 0.05) is 19.3 Å². The van der Waals surface area contributed by atoms with E-state index in [0.29, 0.717) is 19.3 Å². The lowest BCUT2D eigenvalue weighted by Gasteiger charge is -2.18. The van der Waals surface area contributed by atoms with E-state index in [2.05, 4.69) is 27.7 Å². The van der Waals surface area contributed by atoms with Crippen molar-refractivity contribution in [3.05, 3.63) is 0 Å². The molecule has 0 rings (SSSR count). The maximum absolute atomic E-state index is 12.7. The summed E-state index contributed by atoms with van der Waals surface area (Å²) < 4.78 is 16.7. The molecule has 0 aliphatic rings. The van der Waals surface area contributed by atoms with E-state index in [1.807, 2.05) is 0 Å². The fourth-order valence-electron chi connectivity index (χ4n) is 6.95. The average Bonchev–Trinajstić information content (AvgIpc) is 3.15. The Labute approximate surface area is 329 Å². The minimum absolute atomic E-state index is 0.0644. The lowest BCUT2D eigenvalue weighted by atomic mass is 10.00. The molecule has 1 unspecified atom stereocenters. The molecular weight excluding hydrogens is 661 g/mol. The number of ether oxygens (including phenoxy) is 3. The summed E-state index contributed by atoms with van der Waals surface area (Å²) in [6, 6.07) is 0. The zero-order chi connectivity index (χ0) is 38.9. The number of hydrogen-bond donors (Lipinski definition) is 0. The summed E-state index contributed by atoms with van der Waals surface area (Å²) in [5.74, 6) is -0.0416. The van der Waals surface area contributed by atoms with Crippen molar-refractivity contribution in [3.63, 3.8) is 0 Å². The van der Waals surface area contributed by atoms with Crippen molar-refractivity contribution in [2.45, 2.75) is 265 Å². The summed E-state index contributed by atoms with van der Waals surface area (Å²) >= 11 is 0. The Bertz CT molecular complexity index is 798. The third kappa shape index (κ3) is 39.9. The highest BCUT2D eigenvalue weighted by Gasteiger charge is 2.19. The van der Waals surface area contributed by atoms with Crippen LogP contribution >= 0.6 is 0 Å². The second kappa shape index (κ2) is 41.6. The highest BCUT2D eigenvalue weighted by Crippen LogP contribution is 2.17. The Morgan fingerprint density at radius 1 is 0.377 bits per heavy atom. The van der Waals surface area contributed by atoms with Crippen LogP contribution < -0.4 is 0 Å². The van der Waals surface area contributed by atoms with Crippen molar-refractivity contribution in [2.24, 2.45) is 5.92 Å². The summed E-state index contributed by atoms with van der Waals surface area (Å²) in [4.78, 5) is 37.7. The predicted octanol–water partition coefficient (Wildman–Crippen LogP) is 14.7. The molecule has 6 heteroatoms. The first-order chi connectivity index (χ1) is 25.9. The highest BCUT2D eigenvalue weighted by atomic mass is 16.6. The van der Waals surface area contributed by atoms with E-state index in [4.69, 9.17) is 14.2 Å². The van der Waals surface area contributed by atoms with Crippen LogP contribution in [0.2, 0.25) is 0 Å². The van der Waals surface area contributed by atoms with Gasteiger partial charge in [-0.15, -0.1) is 0 Å². The number of carbonyl (C=O) groups excluding carboxylic acids is 3. The second-order valence-electron chi connectivity index (χ2n) is 16.3. The molecule has 0 aliphatic carbocycles. The first-order valence-corrected chi connectivity index (χ1v) is 23.4. The van der Waals surface area contributed by atoms with Crippen molar-refractivity contribution < 1.29 is 28.6 Å². The lowest BCUT2D eigenvalue weighted by molar-refractivity contribution is -0.167. The number of rotatable bonds is 42. The van der Waals surface area contributed by atoms with Crippen LogP contribution in [0.5, 0.6) is 0 Å². The number of esters is 3. The van der Waals surface area contributed by atoms with E-state index in [-0.39, 0.29) is 31.1 Å². The van der Waals surface area contributed by atoms with Crippen LogP contribution in [0, 0.1) is 5.92 Å². The molecule has 0 saturated carbocycles. The van der Waals surface area contributed by atoms with Gasteiger partial charge in [-0.1, -0.05) is 220 Å². The van der Waals surface area contributed by atoms with Crippen LogP contribution in [0.4, 0.5) is 0 Å². The van der Waals surface area contributed by atoms with Gasteiger partial charge in [-0.3, -0.25) is 14.4 Å². The lowest BCUT2D eigenvalue weighted by Crippen LogP contribution is -2.30. The molecule has 0 N–H and O–H groups in total. The number of unbranched alkanes of at least 4 members (excludes halogenated alkanes) is 28. The Morgan fingerprint density at radius 3 is 0.981 bits per heavy atom. The largest absolute Gasteiger partial charge is 0.462 e. The predicted molar refractivity (Wildman–Crippen MR) is 224 cm³/mol. The minimum atomic E-state index is -0.759. The van der Waals surface area contributed by atoms with Crippen LogP contribution in [0.15, 0.2) is 0 Å². The van der Waals surface area contributed by atoms with Gasteiger partial charge in [-0.25, -0.2) is 0 Å². The SMILES string of the molecule is CCCCCCCCCCCCCCCCCC(=O)O[C@H](COC(=O)CCCCCCCCCCCC)COC(=O)CCCCCCCCC(C)CC. The Morgan fingerprint density at radius 2 is 0.660 bits per heavy atom. The van der Waals surface area contributed by atoms with Crippen molar-refractivity contribution in [1.82, 2.24) is 0 Å². The Balaban J connectivity index is 4.31. The summed E-state index contributed by atoms with van der Waals surface area (Å²) in [5, 5.41) is 0. The topological polar surface area (TPSA) is 78.9 Å². The van der Waals surface area contributed by atoms with E-state index in [9.17, 15) is 14.4 Å². The van der Waals surface area contributed by atoms with E-state index < -0.39 is 6.10 Å². The minimum Gasteiger partial charge on any atom is -0.462 e. The van der Waals surface area contributed by atoms with Crippen LogP contribution in [-0.2, 0) is 28.6 Å². The maximum Gasteiger partial charge on any atom is 0.306 e. The molecule has 0 spiro atoms. The summed E-state index contributed by atoms with van der Waals surface area (Å²) in [6.45, 7) is 8.96. The maximum atomic E-state index is 12.7. The molecule has 0 aliphatic heterocycles. The first kappa shape index (κ1) is 51.4. The summed E-state index contributed by atoms with van der Waals surface area (Å²) in [5.41, 5.74) is 0. The van der Waals surface area contributed by atoms with Gasteiger partial charge < -0.3 is 14.2 Å². The van der Waals surface area contributed by atoms with Crippen molar-refractivity contribution in [1.29, 1.82) is 0 Å². The van der Waals surface area contributed by atoms with Crippen LogP contribution in [-0.4, -0.2) is 37.2 Å². The van der Waals surface area contributed by atoms with Crippen molar-refractivity contribution >= 4 is 17.9 Å². The normalized spacial score (nSPS) is 12.5. The molecule has 314 valence electrons. The molecule has 2 atom stereocenters. The highest BCUT2D eigenvalue weighted by molar-refractivity contribution is 5.71. The van der Waals surface area contributed by atoms with Gasteiger partial charge in [0.05, 0.1) is 0 Å². The van der Waals surface area contributed by atoms with Gasteiger partial charge in [0.2, 0.25) is 0 Å². The quantitative estimate of drug-likeness (QED) is 0.0351. The summed E-state index contributed by atoms with van der Waals surface area (Å²) in [7, 11) is 0. The van der Waals surface area contributed by atoms with Gasteiger partial charge in [-0.05, 0) is 25.2 Å². The standard InChI is InChI=1S/C47H90O6/c1-5-8-10-12-14-16-18-19-20-21-22-24-26-32-36-40-47(50)53-44(41-51-45(48)38-34-30-25-23-17-15-13-11-9-6-2)42-52-46(49)39-35-31-28-27-29-33-37-43(4)7-3/h43-44H,5-42H2,1-4H3/t43?,44-/m1/s1. The zero-order valence-electron chi connectivity index (χ0n) is 36.0. The van der Waals surface area contributed by atoms with E-state index in [0.717, 1.165) is 63.7 Å². The van der Waals surface area contributed by atoms with Crippen molar-refractivity contribution in [3.8, 4) is 0 Å². The molecule has 0 amide bonds. The third-order valence-corrected chi connectivity index (χ3v) is 10.9. The molecule has 0 heterocycles. The molecule has 53 heavy (non-hydrogen) atoms. The van der Waals surface area contributed by atoms with E-state index in [1.165, 1.54) is 154 Å². The van der Waals surface area contributed by atoms with Gasteiger partial charge in [0.1, 0.15) is 13.2 Å². The van der Waals surface area contributed by atoms with Crippen LogP contribution in [0.25, 0.3) is 0 Å². The average molecular weight is 751 g/mol. The fraction of sp³-hybridized carbons (Fsp3) is 0.936. The van der Waals surface area contributed by atoms with Gasteiger partial charge in [-0.2, -0.15) is 0 Å². The molecule has 0 saturated heterocycles. The smallest absolute Gasteiger partial charge is 0.306 e. The molecule has 0 aromatic rings. The van der Waals surface area contributed by atoms with Gasteiger partial charge >= 0.3 is 17.9 Å². The van der Waals surface area contributed by atoms with Gasteiger partial charge in [0.25, 0.3) is 0 Å². The molecule has 0 aromatic heterocycles.